The number of carbonyl (C=O) groups excluding carboxylic acids is 2. The van der Waals surface area contributed by atoms with E-state index in [9.17, 15) is 9.59 Å². The topological polar surface area (TPSA) is 59.1 Å². The van der Waals surface area contributed by atoms with Crippen molar-refractivity contribution in [2.75, 3.05) is 33.8 Å². The first-order valence-corrected chi connectivity index (χ1v) is 10.1. The zero-order chi connectivity index (χ0) is 21.1. The fourth-order valence-corrected chi connectivity index (χ4v) is 2.44. The summed E-state index contributed by atoms with van der Waals surface area (Å²) in [6.07, 6.45) is 5.27. The van der Waals surface area contributed by atoms with Gasteiger partial charge < -0.3 is 19.3 Å². The standard InChI is InChI=1S/C21H42N2O4/c1-20(2,3)14-13-16-22(7)18(24)26-17-12-10-9-11-15-23(8)19(25)27-21(4,5)6/h9-17H2,1-8H3. The second kappa shape index (κ2) is 12.1. The maximum atomic E-state index is 11.9. The van der Waals surface area contributed by atoms with Gasteiger partial charge in [0.15, 0.2) is 0 Å². The Kier molecular flexibility index (Phi) is 11.4. The van der Waals surface area contributed by atoms with Crippen LogP contribution in [0.5, 0.6) is 0 Å². The summed E-state index contributed by atoms with van der Waals surface area (Å²) < 4.78 is 10.6. The van der Waals surface area contributed by atoms with E-state index in [2.05, 4.69) is 20.8 Å². The number of hydrogen-bond acceptors (Lipinski definition) is 4. The van der Waals surface area contributed by atoms with Crippen LogP contribution in [-0.4, -0.2) is 61.4 Å². The Bertz CT molecular complexity index is 438. The number of amides is 2. The van der Waals surface area contributed by atoms with E-state index in [1.165, 1.54) is 0 Å². The predicted molar refractivity (Wildman–Crippen MR) is 110 cm³/mol. The SMILES string of the molecule is CN(CCCC(C)(C)C)C(=O)OCCCCCCN(C)C(=O)OC(C)(C)C. The highest BCUT2D eigenvalue weighted by Crippen LogP contribution is 2.20. The summed E-state index contributed by atoms with van der Waals surface area (Å²) in [6, 6.07) is 0. The quantitative estimate of drug-likeness (QED) is 0.478. The Morgan fingerprint density at radius 1 is 0.741 bits per heavy atom. The van der Waals surface area contributed by atoms with Crippen molar-refractivity contribution in [3.05, 3.63) is 0 Å². The van der Waals surface area contributed by atoms with Gasteiger partial charge in [-0.15, -0.1) is 0 Å². The van der Waals surface area contributed by atoms with Crippen molar-refractivity contribution in [1.29, 1.82) is 0 Å². The molecule has 0 atom stereocenters. The van der Waals surface area contributed by atoms with Crippen molar-refractivity contribution in [1.82, 2.24) is 9.80 Å². The van der Waals surface area contributed by atoms with Gasteiger partial charge in [-0.05, 0) is 58.3 Å². The van der Waals surface area contributed by atoms with Crippen LogP contribution in [-0.2, 0) is 9.47 Å². The molecule has 0 aromatic rings. The molecule has 0 rings (SSSR count). The largest absolute Gasteiger partial charge is 0.449 e. The van der Waals surface area contributed by atoms with Gasteiger partial charge in [0.1, 0.15) is 5.60 Å². The van der Waals surface area contributed by atoms with Gasteiger partial charge in [0, 0.05) is 27.2 Å². The van der Waals surface area contributed by atoms with Crippen LogP contribution in [0.25, 0.3) is 0 Å². The molecule has 27 heavy (non-hydrogen) atoms. The van der Waals surface area contributed by atoms with Gasteiger partial charge in [-0.3, -0.25) is 0 Å². The Morgan fingerprint density at radius 2 is 1.26 bits per heavy atom. The Hall–Kier alpha value is -1.46. The van der Waals surface area contributed by atoms with E-state index in [4.69, 9.17) is 9.47 Å². The Balaban J connectivity index is 3.71. The average Bonchev–Trinajstić information content (AvgIpc) is 2.50. The number of nitrogens with zero attached hydrogens (tertiary/aromatic N) is 2. The monoisotopic (exact) mass is 386 g/mol. The minimum atomic E-state index is -0.463. The molecule has 160 valence electrons. The Labute approximate surface area is 166 Å². The van der Waals surface area contributed by atoms with Gasteiger partial charge in [-0.2, -0.15) is 0 Å². The molecule has 0 unspecified atom stereocenters. The van der Waals surface area contributed by atoms with Crippen LogP contribution in [0.15, 0.2) is 0 Å². The minimum absolute atomic E-state index is 0.242. The predicted octanol–water partition coefficient (Wildman–Crippen LogP) is 5.31. The lowest BCUT2D eigenvalue weighted by Gasteiger charge is -2.24. The van der Waals surface area contributed by atoms with Crippen LogP contribution in [0, 0.1) is 5.41 Å². The first-order valence-electron chi connectivity index (χ1n) is 10.1. The number of ether oxygens (including phenoxy) is 2. The zero-order valence-electron chi connectivity index (χ0n) is 18.9. The lowest BCUT2D eigenvalue weighted by atomic mass is 9.90. The van der Waals surface area contributed by atoms with E-state index in [0.29, 0.717) is 18.6 Å². The van der Waals surface area contributed by atoms with Gasteiger partial charge in [0.25, 0.3) is 0 Å². The number of rotatable bonds is 10. The van der Waals surface area contributed by atoms with Crippen LogP contribution in [0.3, 0.4) is 0 Å². The molecule has 6 heteroatoms. The van der Waals surface area contributed by atoms with Crippen LogP contribution in [0.2, 0.25) is 0 Å². The molecule has 0 aromatic carbocycles. The van der Waals surface area contributed by atoms with Gasteiger partial charge in [0.2, 0.25) is 0 Å². The van der Waals surface area contributed by atoms with Crippen LogP contribution in [0.4, 0.5) is 9.59 Å². The van der Waals surface area contributed by atoms with Crippen molar-refractivity contribution in [3.63, 3.8) is 0 Å². The lowest BCUT2D eigenvalue weighted by Crippen LogP contribution is -2.34. The first kappa shape index (κ1) is 25.5. The third kappa shape index (κ3) is 15.3. The third-order valence-electron chi connectivity index (χ3n) is 4.05. The van der Waals surface area contributed by atoms with E-state index in [0.717, 1.165) is 45.1 Å². The molecule has 2 amide bonds. The van der Waals surface area contributed by atoms with Crippen molar-refractivity contribution in [2.24, 2.45) is 5.41 Å². The zero-order valence-corrected chi connectivity index (χ0v) is 18.9. The van der Waals surface area contributed by atoms with Gasteiger partial charge in [-0.1, -0.05) is 27.2 Å². The van der Waals surface area contributed by atoms with E-state index in [-0.39, 0.29) is 12.2 Å². The normalized spacial score (nSPS) is 11.9. The maximum Gasteiger partial charge on any atom is 0.410 e. The van der Waals surface area contributed by atoms with Gasteiger partial charge in [0.05, 0.1) is 6.61 Å². The first-order chi connectivity index (χ1) is 12.3. The van der Waals surface area contributed by atoms with Crippen LogP contribution >= 0.6 is 0 Å². The van der Waals surface area contributed by atoms with E-state index < -0.39 is 5.60 Å². The molecule has 0 heterocycles. The number of carbonyl (C=O) groups is 2. The average molecular weight is 387 g/mol. The van der Waals surface area contributed by atoms with E-state index >= 15 is 0 Å². The number of unbranched alkanes of at least 4 members (excludes halogenated alkanes) is 3. The molecule has 0 N–H and O–H groups in total. The molecule has 0 fully saturated rings. The third-order valence-corrected chi connectivity index (χ3v) is 4.05. The molecule has 6 nitrogen and oxygen atoms in total. The van der Waals surface area contributed by atoms with E-state index in [1.54, 1.807) is 23.9 Å². The number of hydrogen-bond donors (Lipinski definition) is 0. The van der Waals surface area contributed by atoms with E-state index in [1.807, 2.05) is 20.8 Å². The lowest BCUT2D eigenvalue weighted by molar-refractivity contribution is 0.0295. The summed E-state index contributed by atoms with van der Waals surface area (Å²) in [6.45, 7) is 14.1. The second-order valence-corrected chi connectivity index (χ2v) is 9.52. The summed E-state index contributed by atoms with van der Waals surface area (Å²) >= 11 is 0. The fraction of sp³-hybridized carbons (Fsp3) is 0.905. The molecule has 0 aliphatic carbocycles. The summed E-state index contributed by atoms with van der Waals surface area (Å²) in [5.41, 5.74) is -0.169. The molecule has 0 aliphatic rings. The Morgan fingerprint density at radius 3 is 1.81 bits per heavy atom. The smallest absolute Gasteiger partial charge is 0.410 e. The highest BCUT2D eigenvalue weighted by Gasteiger charge is 2.19. The highest BCUT2D eigenvalue weighted by molar-refractivity contribution is 5.67. The molecular formula is C21H42N2O4. The van der Waals surface area contributed by atoms with Crippen molar-refractivity contribution in [2.45, 2.75) is 85.7 Å². The van der Waals surface area contributed by atoms with Crippen molar-refractivity contribution < 1.29 is 19.1 Å². The van der Waals surface area contributed by atoms with Gasteiger partial charge in [-0.25, -0.2) is 9.59 Å². The summed E-state index contributed by atoms with van der Waals surface area (Å²) in [5.74, 6) is 0. The fourth-order valence-electron chi connectivity index (χ4n) is 2.44. The molecule has 0 aliphatic heterocycles. The van der Waals surface area contributed by atoms with Crippen molar-refractivity contribution >= 4 is 12.2 Å². The molecular weight excluding hydrogens is 344 g/mol. The minimum Gasteiger partial charge on any atom is -0.449 e. The molecule has 0 radical (unpaired) electrons. The molecule has 0 saturated carbocycles. The molecule has 0 spiro atoms. The second-order valence-electron chi connectivity index (χ2n) is 9.52. The summed E-state index contributed by atoms with van der Waals surface area (Å²) in [7, 11) is 3.54. The van der Waals surface area contributed by atoms with Crippen molar-refractivity contribution in [3.8, 4) is 0 Å². The molecule has 0 saturated heterocycles. The maximum absolute atomic E-state index is 11.9. The van der Waals surface area contributed by atoms with Crippen LogP contribution in [0.1, 0.15) is 80.1 Å². The highest BCUT2D eigenvalue weighted by atomic mass is 16.6. The molecule has 0 aromatic heterocycles. The van der Waals surface area contributed by atoms with Crippen LogP contribution < -0.4 is 0 Å². The summed E-state index contributed by atoms with van der Waals surface area (Å²) in [4.78, 5) is 27.0. The molecule has 0 bridgehead atoms. The summed E-state index contributed by atoms with van der Waals surface area (Å²) in [5, 5.41) is 0. The van der Waals surface area contributed by atoms with Gasteiger partial charge >= 0.3 is 12.2 Å².